The van der Waals surface area contributed by atoms with Gasteiger partial charge in [-0.2, -0.15) is 10.2 Å². The summed E-state index contributed by atoms with van der Waals surface area (Å²) < 4.78 is 0. The Hall–Kier alpha value is -2.30. The first-order valence-electron chi connectivity index (χ1n) is 5.52. The van der Waals surface area contributed by atoms with Gasteiger partial charge in [0, 0.05) is 17.3 Å². The number of hydrogen-bond acceptors (Lipinski definition) is 3. The van der Waals surface area contributed by atoms with Crippen molar-refractivity contribution in [1.82, 2.24) is 20.4 Å². The minimum atomic E-state index is 0.196. The topological polar surface area (TPSA) is 69.4 Å². The molecule has 0 bridgehead atoms. The van der Waals surface area contributed by atoms with Crippen LogP contribution in [0, 0.1) is 0 Å². The maximum Gasteiger partial charge on any atom is 0.0651 e. The predicted octanol–water partition coefficient (Wildman–Crippen LogP) is 2.46. The van der Waals surface area contributed by atoms with Gasteiger partial charge in [-0.15, -0.1) is 0 Å². The molecular formula is C12H13N5. The quantitative estimate of drug-likeness (QED) is 0.643. The van der Waals surface area contributed by atoms with E-state index in [1.807, 2.05) is 24.4 Å². The molecule has 1 aromatic carbocycles. The Morgan fingerprint density at radius 3 is 2.94 bits per heavy atom. The van der Waals surface area contributed by atoms with Crippen LogP contribution in [0.2, 0.25) is 0 Å². The van der Waals surface area contributed by atoms with Gasteiger partial charge in [-0.05, 0) is 31.2 Å². The zero-order chi connectivity index (χ0) is 11.7. The van der Waals surface area contributed by atoms with Crippen LogP contribution in [0.5, 0.6) is 0 Å². The number of H-pyrrole nitrogens is 2. The lowest BCUT2D eigenvalue weighted by Crippen LogP contribution is -2.06. The van der Waals surface area contributed by atoms with E-state index in [4.69, 9.17) is 0 Å². The summed E-state index contributed by atoms with van der Waals surface area (Å²) in [6.07, 6.45) is 3.58. The Balaban J connectivity index is 1.84. The molecule has 5 heteroatoms. The molecule has 17 heavy (non-hydrogen) atoms. The highest BCUT2D eigenvalue weighted by molar-refractivity contribution is 5.81. The number of aromatic nitrogens is 4. The number of hydrogen-bond donors (Lipinski definition) is 3. The molecule has 0 saturated carbocycles. The van der Waals surface area contributed by atoms with Gasteiger partial charge < -0.3 is 5.32 Å². The largest absolute Gasteiger partial charge is 0.377 e. The third-order valence-electron chi connectivity index (χ3n) is 2.81. The molecule has 3 rings (SSSR count). The molecule has 0 spiro atoms. The molecule has 0 aliphatic rings. The molecule has 1 atom stereocenters. The molecule has 5 nitrogen and oxygen atoms in total. The van der Waals surface area contributed by atoms with Crippen molar-refractivity contribution in [3.05, 3.63) is 42.4 Å². The first-order valence-corrected chi connectivity index (χ1v) is 5.52. The van der Waals surface area contributed by atoms with Gasteiger partial charge in [-0.1, -0.05) is 0 Å². The molecule has 0 radical (unpaired) electrons. The van der Waals surface area contributed by atoms with Gasteiger partial charge in [0.2, 0.25) is 0 Å². The van der Waals surface area contributed by atoms with Crippen molar-refractivity contribution in [2.75, 3.05) is 5.32 Å². The number of nitrogens with zero attached hydrogens (tertiary/aromatic N) is 2. The first kappa shape index (κ1) is 9.89. The lowest BCUT2D eigenvalue weighted by atomic mass is 10.2. The molecule has 0 amide bonds. The van der Waals surface area contributed by atoms with E-state index < -0.39 is 0 Å². The molecule has 86 valence electrons. The fourth-order valence-electron chi connectivity index (χ4n) is 1.87. The molecule has 3 N–H and O–H groups in total. The summed E-state index contributed by atoms with van der Waals surface area (Å²) in [7, 11) is 0. The van der Waals surface area contributed by atoms with Crippen LogP contribution in [0.4, 0.5) is 5.69 Å². The Bertz CT molecular complexity index is 611. The van der Waals surface area contributed by atoms with Gasteiger partial charge in [0.05, 0.1) is 23.4 Å². The standard InChI is InChI=1S/C12H13N5/c1-8(11-4-5-13-16-11)15-10-2-3-12-9(6-10)7-14-17-12/h2-8,15H,1H3,(H,13,16)(H,14,17). The fraction of sp³-hybridized carbons (Fsp3) is 0.167. The highest BCUT2D eigenvalue weighted by Gasteiger charge is 2.06. The van der Waals surface area contributed by atoms with E-state index in [9.17, 15) is 0 Å². The van der Waals surface area contributed by atoms with Gasteiger partial charge in [0.1, 0.15) is 0 Å². The predicted molar refractivity (Wildman–Crippen MR) is 66.7 cm³/mol. The summed E-state index contributed by atoms with van der Waals surface area (Å²) >= 11 is 0. The summed E-state index contributed by atoms with van der Waals surface area (Å²) in [4.78, 5) is 0. The average Bonchev–Trinajstić information content (AvgIpc) is 2.99. The molecule has 2 heterocycles. The minimum absolute atomic E-state index is 0.196. The van der Waals surface area contributed by atoms with Crippen molar-refractivity contribution in [2.24, 2.45) is 0 Å². The van der Waals surface area contributed by atoms with Crippen molar-refractivity contribution in [3.63, 3.8) is 0 Å². The average molecular weight is 227 g/mol. The van der Waals surface area contributed by atoms with Gasteiger partial charge in [0.15, 0.2) is 0 Å². The molecule has 0 fully saturated rings. The van der Waals surface area contributed by atoms with E-state index in [1.165, 1.54) is 0 Å². The van der Waals surface area contributed by atoms with Crippen LogP contribution in [-0.4, -0.2) is 20.4 Å². The lowest BCUT2D eigenvalue weighted by Gasteiger charge is -2.13. The Morgan fingerprint density at radius 2 is 2.12 bits per heavy atom. The highest BCUT2D eigenvalue weighted by Crippen LogP contribution is 2.21. The normalized spacial score (nSPS) is 12.8. The molecule has 0 saturated heterocycles. The summed E-state index contributed by atoms with van der Waals surface area (Å²) in [6.45, 7) is 2.09. The lowest BCUT2D eigenvalue weighted by molar-refractivity contribution is 0.826. The molecule has 1 unspecified atom stereocenters. The number of anilines is 1. The fourth-order valence-corrected chi connectivity index (χ4v) is 1.87. The van der Waals surface area contributed by atoms with Crippen LogP contribution in [0.1, 0.15) is 18.7 Å². The molecule has 3 aromatic rings. The second kappa shape index (κ2) is 3.93. The van der Waals surface area contributed by atoms with Gasteiger partial charge >= 0.3 is 0 Å². The monoisotopic (exact) mass is 227 g/mol. The molecule has 0 aliphatic carbocycles. The molecular weight excluding hydrogens is 214 g/mol. The van der Waals surface area contributed by atoms with Gasteiger partial charge in [-0.25, -0.2) is 0 Å². The van der Waals surface area contributed by atoms with Crippen molar-refractivity contribution in [1.29, 1.82) is 0 Å². The van der Waals surface area contributed by atoms with E-state index in [0.717, 1.165) is 22.3 Å². The maximum atomic E-state index is 4.00. The van der Waals surface area contributed by atoms with Crippen LogP contribution in [0.3, 0.4) is 0 Å². The first-order chi connectivity index (χ1) is 8.33. The van der Waals surface area contributed by atoms with E-state index in [0.29, 0.717) is 0 Å². The molecule has 0 aliphatic heterocycles. The van der Waals surface area contributed by atoms with Crippen molar-refractivity contribution in [3.8, 4) is 0 Å². The van der Waals surface area contributed by atoms with Crippen molar-refractivity contribution >= 4 is 16.6 Å². The van der Waals surface area contributed by atoms with Crippen LogP contribution in [-0.2, 0) is 0 Å². The van der Waals surface area contributed by atoms with Crippen LogP contribution < -0.4 is 5.32 Å². The number of nitrogens with one attached hydrogen (secondary N) is 3. The summed E-state index contributed by atoms with van der Waals surface area (Å²) in [5.74, 6) is 0. The Kier molecular flexibility index (Phi) is 2.29. The number of benzene rings is 1. The Labute approximate surface area is 98.2 Å². The third-order valence-corrected chi connectivity index (χ3v) is 2.81. The number of aromatic amines is 2. The number of rotatable bonds is 3. The van der Waals surface area contributed by atoms with Gasteiger partial charge in [0.25, 0.3) is 0 Å². The summed E-state index contributed by atoms with van der Waals surface area (Å²) in [5, 5.41) is 18.4. The minimum Gasteiger partial charge on any atom is -0.377 e. The van der Waals surface area contributed by atoms with E-state index in [2.05, 4.69) is 38.7 Å². The van der Waals surface area contributed by atoms with E-state index in [-0.39, 0.29) is 6.04 Å². The second-order valence-electron chi connectivity index (χ2n) is 4.05. The van der Waals surface area contributed by atoms with Crippen LogP contribution in [0.25, 0.3) is 10.9 Å². The van der Waals surface area contributed by atoms with Gasteiger partial charge in [-0.3, -0.25) is 10.2 Å². The smallest absolute Gasteiger partial charge is 0.0651 e. The summed E-state index contributed by atoms with van der Waals surface area (Å²) in [5.41, 5.74) is 3.18. The van der Waals surface area contributed by atoms with Crippen LogP contribution >= 0.6 is 0 Å². The van der Waals surface area contributed by atoms with Crippen molar-refractivity contribution in [2.45, 2.75) is 13.0 Å². The van der Waals surface area contributed by atoms with Crippen molar-refractivity contribution < 1.29 is 0 Å². The third kappa shape index (κ3) is 1.87. The number of fused-ring (bicyclic) bond motifs is 1. The second-order valence-corrected chi connectivity index (χ2v) is 4.05. The zero-order valence-electron chi connectivity index (χ0n) is 9.44. The van der Waals surface area contributed by atoms with Crippen LogP contribution in [0.15, 0.2) is 36.7 Å². The van der Waals surface area contributed by atoms with E-state index in [1.54, 1.807) is 6.20 Å². The maximum absolute atomic E-state index is 4.00. The highest BCUT2D eigenvalue weighted by atomic mass is 15.1. The van der Waals surface area contributed by atoms with E-state index >= 15 is 0 Å². The molecule has 2 aromatic heterocycles. The Morgan fingerprint density at radius 1 is 1.18 bits per heavy atom. The zero-order valence-corrected chi connectivity index (χ0v) is 9.44. The SMILES string of the molecule is CC(Nc1ccc2[nH]ncc2c1)c1ccn[nH]1. The summed E-state index contributed by atoms with van der Waals surface area (Å²) in [6, 6.07) is 8.29.